The number of rotatable bonds is 6. The molecule has 1 aromatic carbocycles. The van der Waals surface area contributed by atoms with E-state index in [4.69, 9.17) is 9.47 Å². The van der Waals surface area contributed by atoms with Crippen LogP contribution in [0.4, 0.5) is 0 Å². The molecule has 2 heterocycles. The molecule has 148 valence electrons. The molecule has 0 aliphatic carbocycles. The number of methoxy groups -OCH3 is 2. The maximum Gasteiger partial charge on any atom is 0.219 e. The topological polar surface area (TPSA) is 86.4 Å². The Morgan fingerprint density at radius 3 is 2.57 bits per heavy atom. The van der Waals surface area contributed by atoms with Crippen molar-refractivity contribution in [2.45, 2.75) is 0 Å². The molecule has 0 fully saturated rings. The largest absolute Gasteiger partial charge is 0.497 e. The molecule has 0 N–H and O–H groups in total. The van der Waals surface area contributed by atoms with Crippen molar-refractivity contribution in [3.63, 3.8) is 0 Å². The summed E-state index contributed by atoms with van der Waals surface area (Å²) in [6, 6.07) is 12.6. The first kappa shape index (κ1) is 20.7. The van der Waals surface area contributed by atoms with E-state index in [9.17, 15) is 15.3 Å². The van der Waals surface area contributed by atoms with Crippen LogP contribution in [0.1, 0.15) is 15.2 Å². The Hall–Kier alpha value is -4.07. The van der Waals surface area contributed by atoms with Gasteiger partial charge in [-0.1, -0.05) is 12.1 Å². The van der Waals surface area contributed by atoms with E-state index >= 15 is 0 Å². The van der Waals surface area contributed by atoms with E-state index in [1.807, 2.05) is 17.5 Å². The number of hydrogen-bond acceptors (Lipinski definition) is 7. The number of nitriles is 2. The molecule has 1 aromatic heterocycles. The molecule has 0 amide bonds. The van der Waals surface area contributed by atoms with Crippen LogP contribution in [-0.2, 0) is 0 Å². The number of benzene rings is 1. The second kappa shape index (κ2) is 9.42. The zero-order chi connectivity index (χ0) is 21.5. The number of ketones is 1. The number of ether oxygens (including phenoxy) is 2. The van der Waals surface area contributed by atoms with Gasteiger partial charge < -0.3 is 14.4 Å². The maximum atomic E-state index is 13.4. The predicted molar refractivity (Wildman–Crippen MR) is 115 cm³/mol. The van der Waals surface area contributed by atoms with Crippen LogP contribution in [0.5, 0.6) is 11.5 Å². The molecule has 0 saturated carbocycles. The number of carbonyl (C=O) groups excluding carboxylic acids is 1. The van der Waals surface area contributed by atoms with E-state index in [2.05, 4.69) is 0 Å². The lowest BCUT2D eigenvalue weighted by atomic mass is 10.1. The van der Waals surface area contributed by atoms with Crippen molar-refractivity contribution >= 4 is 23.2 Å². The molecule has 0 saturated heterocycles. The van der Waals surface area contributed by atoms with Crippen LogP contribution in [-0.4, -0.2) is 24.9 Å². The van der Waals surface area contributed by atoms with Crippen molar-refractivity contribution < 1.29 is 14.3 Å². The van der Waals surface area contributed by atoms with Crippen molar-refractivity contribution in [3.05, 3.63) is 87.5 Å². The number of thiophene rings is 1. The quantitative estimate of drug-likeness (QED) is 0.387. The summed E-state index contributed by atoms with van der Waals surface area (Å²) in [6.45, 7) is 0. The minimum atomic E-state index is -0.240. The summed E-state index contributed by atoms with van der Waals surface area (Å²) in [7, 11) is 3.09. The lowest BCUT2D eigenvalue weighted by Gasteiger charge is -2.26. The highest BCUT2D eigenvalue weighted by molar-refractivity contribution is 7.12. The number of allylic oxidation sites excluding steroid dienone is 5. The van der Waals surface area contributed by atoms with E-state index < -0.39 is 0 Å². The van der Waals surface area contributed by atoms with E-state index in [-0.39, 0.29) is 17.1 Å². The first-order valence-electron chi connectivity index (χ1n) is 8.83. The second-order valence-corrected chi connectivity index (χ2v) is 6.95. The Morgan fingerprint density at radius 2 is 1.93 bits per heavy atom. The molecule has 0 spiro atoms. The molecule has 2 aromatic rings. The predicted octanol–water partition coefficient (Wildman–Crippen LogP) is 4.68. The minimum absolute atomic E-state index is 0.0952. The van der Waals surface area contributed by atoms with Gasteiger partial charge in [-0.15, -0.1) is 11.3 Å². The third-order valence-electron chi connectivity index (χ3n) is 4.31. The SMILES string of the molecule is COc1ccc(/C=C(\C(=O)c2cccs2)N2C=CC=CC2=C(C#N)C#N)c(OC)c1. The third kappa shape index (κ3) is 4.17. The Kier molecular flexibility index (Phi) is 6.49. The van der Waals surface area contributed by atoms with Gasteiger partial charge in [0.2, 0.25) is 5.78 Å². The van der Waals surface area contributed by atoms with Crippen LogP contribution in [0.15, 0.2) is 77.1 Å². The molecule has 3 rings (SSSR count). The van der Waals surface area contributed by atoms with Gasteiger partial charge in [-0.05, 0) is 41.8 Å². The van der Waals surface area contributed by atoms with Crippen molar-refractivity contribution in [2.75, 3.05) is 14.2 Å². The van der Waals surface area contributed by atoms with Gasteiger partial charge in [0.05, 0.1) is 30.5 Å². The monoisotopic (exact) mass is 415 g/mol. The average molecular weight is 415 g/mol. The maximum absolute atomic E-state index is 13.4. The number of carbonyl (C=O) groups is 1. The fourth-order valence-corrected chi connectivity index (χ4v) is 3.53. The van der Waals surface area contributed by atoms with Gasteiger partial charge in [-0.3, -0.25) is 4.79 Å². The van der Waals surface area contributed by atoms with Gasteiger partial charge in [-0.2, -0.15) is 10.5 Å². The van der Waals surface area contributed by atoms with Gasteiger partial charge in [0, 0.05) is 17.8 Å². The molecule has 0 atom stereocenters. The molecule has 0 radical (unpaired) electrons. The summed E-state index contributed by atoms with van der Waals surface area (Å²) < 4.78 is 10.7. The molecular weight excluding hydrogens is 398 g/mol. The standard InChI is InChI=1S/C23H17N3O3S/c1-28-18-9-8-16(21(13-18)29-2)12-20(23(27)22-7-5-11-30-22)26-10-4-3-6-19(26)17(14-24)15-25/h3-13H,1-2H3/b20-12+. The molecule has 7 heteroatoms. The Morgan fingerprint density at radius 1 is 1.13 bits per heavy atom. The lowest BCUT2D eigenvalue weighted by molar-refractivity contribution is 0.101. The van der Waals surface area contributed by atoms with Crippen LogP contribution in [0, 0.1) is 22.7 Å². The third-order valence-corrected chi connectivity index (χ3v) is 5.18. The zero-order valence-corrected chi connectivity index (χ0v) is 17.1. The van der Waals surface area contributed by atoms with Crippen LogP contribution in [0.3, 0.4) is 0 Å². The molecule has 0 bridgehead atoms. The number of Topliss-reactive ketones (excluding diaryl/α,β-unsaturated/α-hetero) is 1. The van der Waals surface area contributed by atoms with Crippen LogP contribution < -0.4 is 9.47 Å². The molecular formula is C23H17N3O3S. The number of hydrogen-bond donors (Lipinski definition) is 0. The van der Waals surface area contributed by atoms with E-state index in [0.717, 1.165) is 0 Å². The molecule has 30 heavy (non-hydrogen) atoms. The van der Waals surface area contributed by atoms with E-state index in [0.29, 0.717) is 27.6 Å². The first-order chi connectivity index (χ1) is 14.6. The van der Waals surface area contributed by atoms with Crippen LogP contribution in [0.25, 0.3) is 6.08 Å². The zero-order valence-electron chi connectivity index (χ0n) is 16.3. The van der Waals surface area contributed by atoms with Gasteiger partial charge in [0.15, 0.2) is 5.57 Å². The molecule has 1 aliphatic heterocycles. The fourth-order valence-electron chi connectivity index (χ4n) is 2.86. The van der Waals surface area contributed by atoms with E-state index in [1.165, 1.54) is 18.4 Å². The highest BCUT2D eigenvalue weighted by atomic mass is 32.1. The Bertz CT molecular complexity index is 1140. The normalized spacial score (nSPS) is 12.9. The first-order valence-corrected chi connectivity index (χ1v) is 9.71. The Balaban J connectivity index is 2.21. The van der Waals surface area contributed by atoms with Gasteiger partial charge >= 0.3 is 0 Å². The summed E-state index contributed by atoms with van der Waals surface area (Å²) in [4.78, 5) is 15.4. The van der Waals surface area contributed by atoms with Crippen molar-refractivity contribution in [1.29, 1.82) is 10.5 Å². The van der Waals surface area contributed by atoms with E-state index in [1.54, 1.807) is 72.8 Å². The minimum Gasteiger partial charge on any atom is -0.497 e. The summed E-state index contributed by atoms with van der Waals surface area (Å²) in [6.07, 6.45) is 8.40. The Labute approximate surface area is 178 Å². The smallest absolute Gasteiger partial charge is 0.219 e. The van der Waals surface area contributed by atoms with Gasteiger partial charge in [0.1, 0.15) is 23.6 Å². The average Bonchev–Trinajstić information content (AvgIpc) is 3.33. The van der Waals surface area contributed by atoms with Crippen molar-refractivity contribution in [3.8, 4) is 23.6 Å². The summed E-state index contributed by atoms with van der Waals surface area (Å²) in [5, 5.41) is 20.6. The van der Waals surface area contributed by atoms with Gasteiger partial charge in [-0.25, -0.2) is 0 Å². The van der Waals surface area contributed by atoms with Crippen molar-refractivity contribution in [1.82, 2.24) is 4.90 Å². The van der Waals surface area contributed by atoms with Crippen molar-refractivity contribution in [2.24, 2.45) is 0 Å². The highest BCUT2D eigenvalue weighted by Crippen LogP contribution is 2.31. The fraction of sp³-hybridized carbons (Fsp3) is 0.0870. The highest BCUT2D eigenvalue weighted by Gasteiger charge is 2.24. The van der Waals surface area contributed by atoms with Gasteiger partial charge in [0.25, 0.3) is 0 Å². The summed E-state index contributed by atoms with van der Waals surface area (Å²) in [5.41, 5.74) is 1.16. The molecule has 0 unspecified atom stereocenters. The second-order valence-electron chi connectivity index (χ2n) is 6.00. The lowest BCUT2D eigenvalue weighted by Crippen LogP contribution is -2.23. The summed E-state index contributed by atoms with van der Waals surface area (Å²) in [5.74, 6) is 0.900. The molecule has 1 aliphatic rings. The summed E-state index contributed by atoms with van der Waals surface area (Å²) >= 11 is 1.31. The molecule has 6 nitrogen and oxygen atoms in total. The van der Waals surface area contributed by atoms with Crippen LogP contribution >= 0.6 is 11.3 Å². The van der Waals surface area contributed by atoms with Crippen LogP contribution in [0.2, 0.25) is 0 Å². The number of nitrogens with zero attached hydrogens (tertiary/aromatic N) is 3.